The number of nitro benzene ring substituents is 1. The molecule has 20 heavy (non-hydrogen) atoms. The Bertz CT molecular complexity index is 646. The zero-order valence-electron chi connectivity index (χ0n) is 9.98. The second-order valence-electron chi connectivity index (χ2n) is 3.93. The number of ether oxygens (including phenoxy) is 1. The normalized spacial score (nSPS) is 10.3. The molecule has 0 N–H and O–H groups in total. The number of halogens is 3. The molecule has 0 spiro atoms. The van der Waals surface area contributed by atoms with E-state index in [1.807, 2.05) is 0 Å². The molecule has 104 valence electrons. The summed E-state index contributed by atoms with van der Waals surface area (Å²) in [6.07, 6.45) is 0. The highest BCUT2D eigenvalue weighted by atomic mass is 79.9. The first-order chi connectivity index (χ1) is 9.45. The van der Waals surface area contributed by atoms with E-state index in [1.54, 1.807) is 6.07 Å². The third kappa shape index (κ3) is 3.68. The summed E-state index contributed by atoms with van der Waals surface area (Å²) in [5, 5.41) is 11.0. The monoisotopic (exact) mass is 359 g/mol. The summed E-state index contributed by atoms with van der Waals surface area (Å²) in [6.45, 7) is 0.0103. The quantitative estimate of drug-likeness (QED) is 0.585. The molecule has 0 saturated carbocycles. The van der Waals surface area contributed by atoms with Gasteiger partial charge in [-0.3, -0.25) is 10.1 Å². The van der Waals surface area contributed by atoms with Gasteiger partial charge >= 0.3 is 0 Å². The SMILES string of the molecule is O=[N+]([O-])c1ccc(Cl)c(COc2cc(F)cc(Br)c2)c1. The van der Waals surface area contributed by atoms with Crippen LogP contribution in [0.1, 0.15) is 5.56 Å². The van der Waals surface area contributed by atoms with Crippen molar-refractivity contribution in [2.75, 3.05) is 0 Å². The van der Waals surface area contributed by atoms with Crippen LogP contribution in [-0.2, 0) is 6.61 Å². The number of rotatable bonds is 4. The Balaban J connectivity index is 2.18. The first kappa shape index (κ1) is 14.7. The average molecular weight is 361 g/mol. The van der Waals surface area contributed by atoms with E-state index < -0.39 is 10.7 Å². The van der Waals surface area contributed by atoms with Crippen molar-refractivity contribution in [3.05, 3.63) is 67.4 Å². The zero-order chi connectivity index (χ0) is 14.7. The second kappa shape index (κ2) is 6.19. The number of benzene rings is 2. The van der Waals surface area contributed by atoms with E-state index in [0.29, 0.717) is 20.8 Å². The Morgan fingerprint density at radius 2 is 2.05 bits per heavy atom. The van der Waals surface area contributed by atoms with E-state index >= 15 is 0 Å². The van der Waals surface area contributed by atoms with Crippen LogP contribution >= 0.6 is 27.5 Å². The van der Waals surface area contributed by atoms with Gasteiger partial charge in [0.1, 0.15) is 18.2 Å². The van der Waals surface area contributed by atoms with Gasteiger partial charge in [0.2, 0.25) is 0 Å². The molecule has 7 heteroatoms. The van der Waals surface area contributed by atoms with Gasteiger partial charge < -0.3 is 4.74 Å². The standard InChI is InChI=1S/C13H8BrClFNO3/c14-9-4-10(16)6-12(5-9)20-7-8-3-11(17(18)19)1-2-13(8)15/h1-6H,7H2. The van der Waals surface area contributed by atoms with Crippen LogP contribution in [0.3, 0.4) is 0 Å². The van der Waals surface area contributed by atoms with Crippen molar-refractivity contribution in [3.63, 3.8) is 0 Å². The van der Waals surface area contributed by atoms with Crippen molar-refractivity contribution in [3.8, 4) is 5.75 Å². The van der Waals surface area contributed by atoms with E-state index in [-0.39, 0.29) is 12.3 Å². The van der Waals surface area contributed by atoms with E-state index in [4.69, 9.17) is 16.3 Å². The molecule has 0 heterocycles. The van der Waals surface area contributed by atoms with Gasteiger partial charge in [0, 0.05) is 33.3 Å². The molecule has 0 aromatic heterocycles. The molecule has 0 fully saturated rings. The van der Waals surface area contributed by atoms with Crippen molar-refractivity contribution in [1.82, 2.24) is 0 Å². The highest BCUT2D eigenvalue weighted by molar-refractivity contribution is 9.10. The first-order valence-electron chi connectivity index (χ1n) is 5.47. The molecule has 0 radical (unpaired) electrons. The third-order valence-corrected chi connectivity index (χ3v) is 3.30. The minimum atomic E-state index is -0.515. The van der Waals surface area contributed by atoms with Crippen LogP contribution in [0.25, 0.3) is 0 Å². The van der Waals surface area contributed by atoms with E-state index in [1.165, 1.54) is 30.3 Å². The fourth-order valence-electron chi connectivity index (χ4n) is 1.56. The fraction of sp³-hybridized carbons (Fsp3) is 0.0769. The van der Waals surface area contributed by atoms with Gasteiger partial charge in [-0.15, -0.1) is 0 Å². The van der Waals surface area contributed by atoms with Crippen LogP contribution in [0.4, 0.5) is 10.1 Å². The first-order valence-corrected chi connectivity index (χ1v) is 6.64. The van der Waals surface area contributed by atoms with Crippen molar-refractivity contribution in [1.29, 1.82) is 0 Å². The lowest BCUT2D eigenvalue weighted by Gasteiger charge is -2.08. The summed E-state index contributed by atoms with van der Waals surface area (Å²) in [7, 11) is 0. The molecule has 0 unspecified atom stereocenters. The summed E-state index contributed by atoms with van der Waals surface area (Å²) in [4.78, 5) is 10.2. The van der Waals surface area contributed by atoms with E-state index in [2.05, 4.69) is 15.9 Å². The third-order valence-electron chi connectivity index (χ3n) is 2.47. The summed E-state index contributed by atoms with van der Waals surface area (Å²) in [6, 6.07) is 8.18. The fourth-order valence-corrected chi connectivity index (χ4v) is 2.17. The molecule has 0 bridgehead atoms. The summed E-state index contributed by atoms with van der Waals surface area (Å²) >= 11 is 9.09. The van der Waals surface area contributed by atoms with Gasteiger partial charge in [-0.05, 0) is 18.2 Å². The maximum atomic E-state index is 13.2. The molecular weight excluding hydrogens is 353 g/mol. The topological polar surface area (TPSA) is 52.4 Å². The molecule has 0 atom stereocenters. The lowest BCUT2D eigenvalue weighted by molar-refractivity contribution is -0.384. The van der Waals surface area contributed by atoms with Crippen LogP contribution < -0.4 is 4.74 Å². The summed E-state index contributed by atoms with van der Waals surface area (Å²) in [5.74, 6) is -0.140. The molecule has 0 aliphatic heterocycles. The Hall–Kier alpha value is -1.66. The minimum absolute atomic E-state index is 0.0103. The molecule has 2 rings (SSSR count). The highest BCUT2D eigenvalue weighted by Crippen LogP contribution is 2.25. The largest absolute Gasteiger partial charge is 0.489 e. The maximum Gasteiger partial charge on any atom is 0.269 e. The van der Waals surface area contributed by atoms with Gasteiger partial charge in [-0.1, -0.05) is 27.5 Å². The van der Waals surface area contributed by atoms with Crippen LogP contribution in [0.15, 0.2) is 40.9 Å². The zero-order valence-corrected chi connectivity index (χ0v) is 12.3. The summed E-state index contributed by atoms with van der Waals surface area (Å²) in [5.41, 5.74) is 0.384. The molecule has 2 aromatic carbocycles. The second-order valence-corrected chi connectivity index (χ2v) is 5.25. The van der Waals surface area contributed by atoms with Crippen molar-refractivity contribution in [2.24, 2.45) is 0 Å². The number of nitrogens with zero attached hydrogens (tertiary/aromatic N) is 1. The lowest BCUT2D eigenvalue weighted by atomic mass is 10.2. The number of nitro groups is 1. The van der Waals surface area contributed by atoms with Gasteiger partial charge in [0.15, 0.2) is 0 Å². The Morgan fingerprint density at radius 3 is 2.70 bits per heavy atom. The Morgan fingerprint density at radius 1 is 1.30 bits per heavy atom. The lowest BCUT2D eigenvalue weighted by Crippen LogP contribution is -1.98. The Kier molecular flexibility index (Phi) is 4.57. The van der Waals surface area contributed by atoms with E-state index in [9.17, 15) is 14.5 Å². The molecular formula is C13H8BrClFNO3. The van der Waals surface area contributed by atoms with Crippen LogP contribution in [-0.4, -0.2) is 4.92 Å². The molecule has 4 nitrogen and oxygen atoms in total. The number of hydrogen-bond acceptors (Lipinski definition) is 3. The van der Waals surface area contributed by atoms with Gasteiger partial charge in [0.05, 0.1) is 4.92 Å². The van der Waals surface area contributed by atoms with Gasteiger partial charge in [-0.25, -0.2) is 4.39 Å². The average Bonchev–Trinajstić information content (AvgIpc) is 2.36. The highest BCUT2D eigenvalue weighted by Gasteiger charge is 2.10. The smallest absolute Gasteiger partial charge is 0.269 e. The van der Waals surface area contributed by atoms with Crippen LogP contribution in [0.5, 0.6) is 5.75 Å². The maximum absolute atomic E-state index is 13.2. The minimum Gasteiger partial charge on any atom is -0.489 e. The van der Waals surface area contributed by atoms with Crippen LogP contribution in [0.2, 0.25) is 5.02 Å². The Labute approximate surface area is 127 Å². The van der Waals surface area contributed by atoms with Crippen molar-refractivity contribution < 1.29 is 14.1 Å². The van der Waals surface area contributed by atoms with Gasteiger partial charge in [-0.2, -0.15) is 0 Å². The van der Waals surface area contributed by atoms with Gasteiger partial charge in [0.25, 0.3) is 5.69 Å². The molecule has 0 aliphatic rings. The summed E-state index contributed by atoms with van der Waals surface area (Å²) < 4.78 is 19.1. The molecule has 0 amide bonds. The molecule has 0 saturated heterocycles. The van der Waals surface area contributed by atoms with Crippen LogP contribution in [0, 0.1) is 15.9 Å². The number of hydrogen-bond donors (Lipinski definition) is 0. The van der Waals surface area contributed by atoms with Crippen molar-refractivity contribution >= 4 is 33.2 Å². The predicted molar refractivity (Wildman–Crippen MR) is 76.5 cm³/mol. The molecule has 0 aliphatic carbocycles. The van der Waals surface area contributed by atoms with Crippen molar-refractivity contribution in [2.45, 2.75) is 6.61 Å². The molecule has 2 aromatic rings. The predicted octanol–water partition coefficient (Wildman–Crippen LogP) is 4.73. The van der Waals surface area contributed by atoms with E-state index in [0.717, 1.165) is 0 Å². The number of non-ortho nitro benzene ring substituents is 1.